The van der Waals surface area contributed by atoms with E-state index >= 15 is 0 Å². The number of furan rings is 1. The van der Waals surface area contributed by atoms with Crippen LogP contribution in [0.15, 0.2) is 23.0 Å². The lowest BCUT2D eigenvalue weighted by Crippen LogP contribution is -2.27. The second kappa shape index (κ2) is 3.28. The maximum Gasteiger partial charge on any atom is 0.212 e. The van der Waals surface area contributed by atoms with Crippen LogP contribution in [0.5, 0.6) is 0 Å². The van der Waals surface area contributed by atoms with Crippen molar-refractivity contribution in [3.8, 4) is 0 Å². The third-order valence-corrected chi connectivity index (χ3v) is 2.95. The van der Waals surface area contributed by atoms with E-state index in [0.717, 1.165) is 5.56 Å². The van der Waals surface area contributed by atoms with E-state index in [9.17, 15) is 8.42 Å². The minimum Gasteiger partial charge on any atom is -0.472 e. The SMILES string of the molecule is CC(Cc1ccoc1)S(N)(=O)=O. The third kappa shape index (κ3) is 2.35. The molecule has 0 aliphatic rings. The first kappa shape index (κ1) is 9.28. The summed E-state index contributed by atoms with van der Waals surface area (Å²) in [5, 5.41) is 4.38. The fraction of sp³-hybridized carbons (Fsp3) is 0.429. The summed E-state index contributed by atoms with van der Waals surface area (Å²) in [5.74, 6) is 0. The van der Waals surface area contributed by atoms with Crippen molar-refractivity contribution in [1.82, 2.24) is 0 Å². The van der Waals surface area contributed by atoms with Crippen LogP contribution < -0.4 is 5.14 Å². The molecule has 1 aromatic heterocycles. The van der Waals surface area contributed by atoms with Crippen LogP contribution in [0.4, 0.5) is 0 Å². The van der Waals surface area contributed by atoms with Gasteiger partial charge in [-0.2, -0.15) is 0 Å². The zero-order valence-corrected chi connectivity index (χ0v) is 7.54. The van der Waals surface area contributed by atoms with E-state index in [4.69, 9.17) is 9.56 Å². The van der Waals surface area contributed by atoms with Crippen molar-refractivity contribution < 1.29 is 12.8 Å². The summed E-state index contributed by atoms with van der Waals surface area (Å²) in [6.07, 6.45) is 3.42. The van der Waals surface area contributed by atoms with Gasteiger partial charge >= 0.3 is 0 Å². The highest BCUT2D eigenvalue weighted by Crippen LogP contribution is 2.07. The molecule has 0 saturated carbocycles. The smallest absolute Gasteiger partial charge is 0.212 e. The Morgan fingerprint density at radius 1 is 1.67 bits per heavy atom. The summed E-state index contributed by atoms with van der Waals surface area (Å²) in [7, 11) is -3.42. The number of hydrogen-bond donors (Lipinski definition) is 1. The van der Waals surface area contributed by atoms with Gasteiger partial charge in [-0.3, -0.25) is 0 Å². The quantitative estimate of drug-likeness (QED) is 0.752. The molecule has 1 rings (SSSR count). The molecule has 0 aromatic carbocycles. The summed E-state index contributed by atoms with van der Waals surface area (Å²) < 4.78 is 26.4. The lowest BCUT2D eigenvalue weighted by molar-refractivity contribution is 0.561. The predicted molar refractivity (Wildman–Crippen MR) is 45.0 cm³/mol. The molecule has 0 fully saturated rings. The zero-order valence-electron chi connectivity index (χ0n) is 6.73. The van der Waals surface area contributed by atoms with Gasteiger partial charge in [0.1, 0.15) is 0 Å². The average Bonchev–Trinajstić information content (AvgIpc) is 2.37. The average molecular weight is 189 g/mol. The van der Waals surface area contributed by atoms with Crippen molar-refractivity contribution in [2.24, 2.45) is 5.14 Å². The molecule has 0 aliphatic carbocycles. The van der Waals surface area contributed by atoms with Gasteiger partial charge in [0.05, 0.1) is 17.8 Å². The number of sulfonamides is 1. The molecule has 0 radical (unpaired) electrons. The lowest BCUT2D eigenvalue weighted by Gasteiger charge is -2.05. The maximum atomic E-state index is 10.8. The Kier molecular flexibility index (Phi) is 2.54. The Labute approximate surface area is 71.4 Å². The molecule has 4 nitrogen and oxygen atoms in total. The fourth-order valence-corrected chi connectivity index (χ4v) is 1.28. The van der Waals surface area contributed by atoms with E-state index < -0.39 is 15.3 Å². The molecular weight excluding hydrogens is 178 g/mol. The largest absolute Gasteiger partial charge is 0.472 e. The van der Waals surface area contributed by atoms with Crippen molar-refractivity contribution in [3.05, 3.63) is 24.2 Å². The Morgan fingerprint density at radius 3 is 2.75 bits per heavy atom. The van der Waals surface area contributed by atoms with Crippen LogP contribution in [0.25, 0.3) is 0 Å². The maximum absolute atomic E-state index is 10.8. The van der Waals surface area contributed by atoms with Crippen LogP contribution in [0.2, 0.25) is 0 Å². The molecule has 1 atom stereocenters. The fourth-order valence-electron chi connectivity index (χ4n) is 0.857. The Bertz CT molecular complexity index is 328. The second-order valence-corrected chi connectivity index (χ2v) is 4.72. The predicted octanol–water partition coefficient (Wildman–Crippen LogP) is 0.499. The molecule has 68 valence electrons. The molecule has 0 aliphatic heterocycles. The first-order valence-electron chi connectivity index (χ1n) is 3.53. The van der Waals surface area contributed by atoms with Crippen LogP contribution in [0, 0.1) is 0 Å². The number of hydrogen-bond acceptors (Lipinski definition) is 3. The van der Waals surface area contributed by atoms with Crippen molar-refractivity contribution in [2.45, 2.75) is 18.6 Å². The van der Waals surface area contributed by atoms with Crippen LogP contribution in [-0.4, -0.2) is 13.7 Å². The van der Waals surface area contributed by atoms with Gasteiger partial charge in [-0.1, -0.05) is 0 Å². The Balaban J connectivity index is 2.66. The summed E-state index contributed by atoms with van der Waals surface area (Å²) in [6, 6.07) is 1.72. The van der Waals surface area contributed by atoms with Crippen molar-refractivity contribution >= 4 is 10.0 Å². The lowest BCUT2D eigenvalue weighted by atomic mass is 10.2. The minimum atomic E-state index is -3.42. The summed E-state index contributed by atoms with van der Waals surface area (Å²) in [6.45, 7) is 1.57. The van der Waals surface area contributed by atoms with E-state index in [1.54, 1.807) is 13.0 Å². The molecule has 1 unspecified atom stereocenters. The Morgan fingerprint density at radius 2 is 2.33 bits per heavy atom. The molecule has 0 saturated heterocycles. The van der Waals surface area contributed by atoms with Gasteiger partial charge in [-0.25, -0.2) is 13.6 Å². The van der Waals surface area contributed by atoms with Gasteiger partial charge in [-0.15, -0.1) is 0 Å². The van der Waals surface area contributed by atoms with Crippen molar-refractivity contribution in [3.63, 3.8) is 0 Å². The number of primary sulfonamides is 1. The molecule has 5 heteroatoms. The van der Waals surface area contributed by atoms with Gasteiger partial charge < -0.3 is 4.42 Å². The van der Waals surface area contributed by atoms with Crippen molar-refractivity contribution in [1.29, 1.82) is 0 Å². The first-order chi connectivity index (χ1) is 5.50. The van der Waals surface area contributed by atoms with Gasteiger partial charge in [-0.05, 0) is 25.0 Å². The van der Waals surface area contributed by atoms with Gasteiger partial charge in [0.15, 0.2) is 0 Å². The molecule has 0 bridgehead atoms. The molecule has 12 heavy (non-hydrogen) atoms. The topological polar surface area (TPSA) is 73.3 Å². The normalized spacial score (nSPS) is 14.5. The summed E-state index contributed by atoms with van der Waals surface area (Å²) in [5.41, 5.74) is 0.844. The molecule has 1 aromatic rings. The molecule has 0 amide bonds. The molecular formula is C7H11NO3S. The van der Waals surface area contributed by atoms with Gasteiger partial charge in [0.2, 0.25) is 10.0 Å². The highest BCUT2D eigenvalue weighted by molar-refractivity contribution is 7.89. The highest BCUT2D eigenvalue weighted by atomic mass is 32.2. The Hall–Kier alpha value is -0.810. The van der Waals surface area contributed by atoms with Gasteiger partial charge in [0.25, 0.3) is 0 Å². The molecule has 2 N–H and O–H groups in total. The van der Waals surface area contributed by atoms with E-state index in [2.05, 4.69) is 0 Å². The van der Waals surface area contributed by atoms with Gasteiger partial charge in [0, 0.05) is 0 Å². The number of rotatable bonds is 3. The zero-order chi connectivity index (χ0) is 9.19. The first-order valence-corrected chi connectivity index (χ1v) is 5.14. The number of nitrogens with two attached hydrogens (primary N) is 1. The van der Waals surface area contributed by atoms with E-state index in [1.807, 2.05) is 0 Å². The van der Waals surface area contributed by atoms with Crippen LogP contribution >= 0.6 is 0 Å². The van der Waals surface area contributed by atoms with Crippen LogP contribution in [0.1, 0.15) is 12.5 Å². The molecule has 1 heterocycles. The van der Waals surface area contributed by atoms with E-state index in [0.29, 0.717) is 6.42 Å². The molecule has 0 spiro atoms. The van der Waals surface area contributed by atoms with Crippen LogP contribution in [-0.2, 0) is 16.4 Å². The van der Waals surface area contributed by atoms with E-state index in [1.165, 1.54) is 12.5 Å². The highest BCUT2D eigenvalue weighted by Gasteiger charge is 2.16. The minimum absolute atomic E-state index is 0.398. The summed E-state index contributed by atoms with van der Waals surface area (Å²) in [4.78, 5) is 0. The van der Waals surface area contributed by atoms with Crippen molar-refractivity contribution in [2.75, 3.05) is 0 Å². The van der Waals surface area contributed by atoms with Crippen LogP contribution in [0.3, 0.4) is 0 Å². The third-order valence-electron chi connectivity index (χ3n) is 1.66. The second-order valence-electron chi connectivity index (χ2n) is 2.74. The van der Waals surface area contributed by atoms with E-state index in [-0.39, 0.29) is 0 Å². The summed E-state index contributed by atoms with van der Waals surface area (Å²) >= 11 is 0. The standard InChI is InChI=1S/C7H11NO3S/c1-6(12(8,9)10)4-7-2-3-11-5-7/h2-3,5-6H,4H2,1H3,(H2,8,9,10). The monoisotopic (exact) mass is 189 g/mol.